The molecule has 1 aliphatic rings. The molecule has 2 aromatic rings. The number of sulfonamides is 1. The number of nitrogens with one attached hydrogen (secondary N) is 1. The molecule has 0 radical (unpaired) electrons. The van der Waals surface area contributed by atoms with Crippen LogP contribution in [0.25, 0.3) is 6.08 Å². The summed E-state index contributed by atoms with van der Waals surface area (Å²) < 4.78 is 27.7. The molecule has 166 valence electrons. The Labute approximate surface area is 185 Å². The summed E-state index contributed by atoms with van der Waals surface area (Å²) in [6.07, 6.45) is 4.42. The largest absolute Gasteiger partial charge is 0.340 e. The molecule has 0 unspecified atom stereocenters. The maximum atomic E-state index is 12.6. The zero-order valence-corrected chi connectivity index (χ0v) is 19.1. The van der Waals surface area contributed by atoms with Gasteiger partial charge in [0.05, 0.1) is 4.90 Å². The molecule has 0 bridgehead atoms. The van der Waals surface area contributed by atoms with Gasteiger partial charge in [-0.3, -0.25) is 9.69 Å². The van der Waals surface area contributed by atoms with Crippen LogP contribution in [0.3, 0.4) is 0 Å². The summed E-state index contributed by atoms with van der Waals surface area (Å²) in [6.45, 7) is 7.57. The molecule has 1 fully saturated rings. The van der Waals surface area contributed by atoms with Crippen molar-refractivity contribution in [1.29, 1.82) is 0 Å². The van der Waals surface area contributed by atoms with Crippen molar-refractivity contribution in [1.82, 2.24) is 14.5 Å². The van der Waals surface area contributed by atoms with E-state index in [4.69, 9.17) is 0 Å². The minimum absolute atomic E-state index is 0.0110. The van der Waals surface area contributed by atoms with Crippen LogP contribution >= 0.6 is 0 Å². The van der Waals surface area contributed by atoms with Crippen LogP contribution in [0.1, 0.15) is 23.1 Å². The molecular formula is C24H31N3O3S. The second-order valence-electron chi connectivity index (χ2n) is 7.91. The summed E-state index contributed by atoms with van der Waals surface area (Å²) >= 11 is 0. The third-order valence-corrected chi connectivity index (χ3v) is 7.07. The normalized spacial score (nSPS) is 15.5. The lowest BCUT2D eigenvalue weighted by Crippen LogP contribution is -2.49. The minimum Gasteiger partial charge on any atom is -0.340 e. The second-order valence-corrected chi connectivity index (χ2v) is 9.65. The molecule has 2 aromatic carbocycles. The summed E-state index contributed by atoms with van der Waals surface area (Å²) in [5.74, 6) is -0.0110. The lowest BCUT2D eigenvalue weighted by molar-refractivity contribution is -0.132. The van der Waals surface area contributed by atoms with E-state index in [0.29, 0.717) is 18.7 Å². The van der Waals surface area contributed by atoms with Gasteiger partial charge in [0.2, 0.25) is 15.9 Å². The number of nitrogens with zero attached hydrogens (tertiary/aromatic N) is 2. The number of carbonyl (C=O) groups is 1. The molecule has 1 saturated heterocycles. The van der Waals surface area contributed by atoms with Gasteiger partial charge in [0, 0.05) is 45.7 Å². The number of carbonyl (C=O) groups excluding carboxylic acids is 1. The smallest absolute Gasteiger partial charge is 0.240 e. The van der Waals surface area contributed by atoms with Crippen molar-refractivity contribution < 1.29 is 13.2 Å². The first-order valence-corrected chi connectivity index (χ1v) is 12.1. The summed E-state index contributed by atoms with van der Waals surface area (Å²) in [5, 5.41) is 0. The fourth-order valence-electron chi connectivity index (χ4n) is 3.61. The number of amides is 1. The number of hydrogen-bond donors (Lipinski definition) is 1. The molecule has 3 rings (SSSR count). The lowest BCUT2D eigenvalue weighted by atomic mass is 10.2. The van der Waals surface area contributed by atoms with Crippen LogP contribution in [0.5, 0.6) is 0 Å². The highest BCUT2D eigenvalue weighted by Crippen LogP contribution is 2.16. The third kappa shape index (κ3) is 6.75. The van der Waals surface area contributed by atoms with Crippen molar-refractivity contribution in [3.8, 4) is 0 Å². The van der Waals surface area contributed by atoms with Crippen molar-refractivity contribution >= 4 is 22.0 Å². The first-order valence-electron chi connectivity index (χ1n) is 10.6. The van der Waals surface area contributed by atoms with Crippen LogP contribution in [0, 0.1) is 13.8 Å². The average molecular weight is 442 g/mol. The van der Waals surface area contributed by atoms with Gasteiger partial charge >= 0.3 is 0 Å². The number of benzene rings is 2. The van der Waals surface area contributed by atoms with Gasteiger partial charge in [0.1, 0.15) is 0 Å². The molecule has 0 atom stereocenters. The first-order chi connectivity index (χ1) is 14.8. The number of hydrogen-bond acceptors (Lipinski definition) is 4. The van der Waals surface area contributed by atoms with Crippen molar-refractivity contribution in [2.24, 2.45) is 0 Å². The van der Waals surface area contributed by atoms with Crippen molar-refractivity contribution in [2.45, 2.75) is 25.2 Å². The predicted molar refractivity (Wildman–Crippen MR) is 124 cm³/mol. The van der Waals surface area contributed by atoms with E-state index >= 15 is 0 Å². The summed E-state index contributed by atoms with van der Waals surface area (Å²) in [6, 6.07) is 15.5. The Morgan fingerprint density at radius 2 is 1.74 bits per heavy atom. The molecule has 0 aliphatic carbocycles. The van der Waals surface area contributed by atoms with E-state index in [9.17, 15) is 13.2 Å². The summed E-state index contributed by atoms with van der Waals surface area (Å²) in [5.41, 5.74) is 2.76. The van der Waals surface area contributed by atoms with Gasteiger partial charge in [-0.05, 0) is 36.6 Å². The molecule has 31 heavy (non-hydrogen) atoms. The van der Waals surface area contributed by atoms with Gasteiger partial charge in [0.15, 0.2) is 0 Å². The van der Waals surface area contributed by atoms with E-state index in [2.05, 4.69) is 33.9 Å². The lowest BCUT2D eigenvalue weighted by Gasteiger charge is -2.34. The van der Waals surface area contributed by atoms with Crippen molar-refractivity contribution in [3.05, 3.63) is 71.3 Å². The van der Waals surface area contributed by atoms with Crippen LogP contribution in [0.15, 0.2) is 59.5 Å². The molecule has 0 saturated carbocycles. The maximum absolute atomic E-state index is 12.6. The summed E-state index contributed by atoms with van der Waals surface area (Å²) in [7, 11) is -3.62. The zero-order chi connectivity index (χ0) is 22.3. The number of piperazine rings is 1. The van der Waals surface area contributed by atoms with Gasteiger partial charge < -0.3 is 4.90 Å². The van der Waals surface area contributed by atoms with Crippen LogP contribution in [-0.2, 0) is 14.8 Å². The average Bonchev–Trinajstić information content (AvgIpc) is 2.76. The second kappa shape index (κ2) is 10.7. The van der Waals surface area contributed by atoms with Crippen molar-refractivity contribution in [2.75, 3.05) is 39.3 Å². The summed E-state index contributed by atoms with van der Waals surface area (Å²) in [4.78, 5) is 16.9. The minimum atomic E-state index is -3.62. The molecule has 1 N–H and O–H groups in total. The number of rotatable bonds is 8. The van der Waals surface area contributed by atoms with E-state index in [1.165, 1.54) is 5.56 Å². The van der Waals surface area contributed by atoms with Crippen LogP contribution in [-0.4, -0.2) is 63.4 Å². The van der Waals surface area contributed by atoms with E-state index in [1.54, 1.807) is 19.1 Å². The predicted octanol–water partition coefficient (Wildman–Crippen LogP) is 2.83. The van der Waals surface area contributed by atoms with Gasteiger partial charge in [-0.2, -0.15) is 0 Å². The molecule has 1 heterocycles. The van der Waals surface area contributed by atoms with Gasteiger partial charge in [-0.25, -0.2) is 13.1 Å². The highest BCUT2D eigenvalue weighted by molar-refractivity contribution is 7.89. The molecule has 0 spiro atoms. The fourth-order valence-corrected chi connectivity index (χ4v) is 4.97. The Bertz CT molecular complexity index is 1010. The number of aryl methyl sites for hydroxylation is 2. The maximum Gasteiger partial charge on any atom is 0.240 e. The van der Waals surface area contributed by atoms with Crippen LogP contribution < -0.4 is 4.72 Å². The van der Waals surface area contributed by atoms with E-state index in [-0.39, 0.29) is 23.8 Å². The Balaban J connectivity index is 1.41. The Morgan fingerprint density at radius 3 is 2.45 bits per heavy atom. The zero-order valence-electron chi connectivity index (χ0n) is 18.3. The Morgan fingerprint density at radius 1 is 1.03 bits per heavy atom. The molecule has 6 nitrogen and oxygen atoms in total. The van der Waals surface area contributed by atoms with E-state index in [0.717, 1.165) is 25.2 Å². The van der Waals surface area contributed by atoms with E-state index < -0.39 is 10.0 Å². The highest BCUT2D eigenvalue weighted by Gasteiger charge is 2.21. The van der Waals surface area contributed by atoms with Crippen LogP contribution in [0.4, 0.5) is 0 Å². The van der Waals surface area contributed by atoms with Gasteiger partial charge in [0.25, 0.3) is 0 Å². The van der Waals surface area contributed by atoms with Crippen LogP contribution in [0.2, 0.25) is 0 Å². The standard InChI is InChI=1S/C24H31N3O3S/c1-20-10-11-21(2)23(19-20)31(29,30)25-13-12-24(28)27-17-15-26(16-18-27)14-6-9-22-7-4-3-5-8-22/h3-11,19,25H,12-18H2,1-2H3. The fraction of sp³-hybridized carbons (Fsp3) is 0.375. The van der Waals surface area contributed by atoms with Gasteiger partial charge in [-0.15, -0.1) is 0 Å². The van der Waals surface area contributed by atoms with Gasteiger partial charge in [-0.1, -0.05) is 54.6 Å². The molecular weight excluding hydrogens is 410 g/mol. The van der Waals surface area contributed by atoms with Crippen molar-refractivity contribution in [3.63, 3.8) is 0 Å². The highest BCUT2D eigenvalue weighted by atomic mass is 32.2. The molecule has 1 amide bonds. The molecule has 0 aromatic heterocycles. The van der Waals surface area contributed by atoms with E-state index in [1.807, 2.05) is 36.1 Å². The SMILES string of the molecule is Cc1ccc(C)c(S(=O)(=O)NCCC(=O)N2CCN(CC=Cc3ccccc3)CC2)c1. The third-order valence-electron chi connectivity index (χ3n) is 5.46. The Kier molecular flexibility index (Phi) is 8.01. The first kappa shape index (κ1) is 23.2. The molecule has 1 aliphatic heterocycles. The Hall–Kier alpha value is -2.48. The monoisotopic (exact) mass is 441 g/mol. The topological polar surface area (TPSA) is 69.7 Å². The quantitative estimate of drug-likeness (QED) is 0.684. The molecule has 7 heteroatoms.